The lowest BCUT2D eigenvalue weighted by Crippen LogP contribution is -2.01. The van der Waals surface area contributed by atoms with E-state index in [1.807, 2.05) is 0 Å². The van der Waals surface area contributed by atoms with Crippen molar-refractivity contribution < 1.29 is 22.3 Å². The lowest BCUT2D eigenvalue weighted by molar-refractivity contribution is 0.139. The minimum atomic E-state index is -3.09. The first-order valence-corrected chi connectivity index (χ1v) is 3.24. The van der Waals surface area contributed by atoms with Gasteiger partial charge >= 0.3 is 0 Å². The highest BCUT2D eigenvalue weighted by molar-refractivity contribution is 5.27. The minimum absolute atomic E-state index is 0.489. The average molecular weight is 195 g/mol. The van der Waals surface area contributed by atoms with Gasteiger partial charge in [0.15, 0.2) is 17.4 Å². The number of rotatable bonds is 2. The smallest absolute Gasteiger partial charge is 0.283 e. The van der Waals surface area contributed by atoms with Crippen LogP contribution in [0.3, 0.4) is 0 Å². The molecule has 1 aromatic rings. The van der Waals surface area contributed by atoms with E-state index in [-0.39, 0.29) is 0 Å². The number of nitrogens with zero attached hydrogens (tertiary/aromatic N) is 1. The summed E-state index contributed by atoms with van der Waals surface area (Å²) in [5, 5.41) is 0. The van der Waals surface area contributed by atoms with Crippen molar-refractivity contribution in [2.24, 2.45) is 0 Å². The Hall–Kier alpha value is -1.33. The van der Waals surface area contributed by atoms with Crippen molar-refractivity contribution in [2.75, 3.05) is 7.11 Å². The summed E-state index contributed by atoms with van der Waals surface area (Å²) in [6.07, 6.45) is -2.60. The molecule has 1 heterocycles. The summed E-state index contributed by atoms with van der Waals surface area (Å²) in [6.45, 7) is 0. The standard InChI is InChI=1S/C7H5F4NO/c1-13-6-3(8)2-12-5(4(6)9)7(10)11/h2,7H,1H3. The lowest BCUT2D eigenvalue weighted by atomic mass is 10.3. The molecule has 0 atom stereocenters. The first kappa shape index (κ1) is 9.76. The van der Waals surface area contributed by atoms with Crippen LogP contribution >= 0.6 is 0 Å². The number of hydrogen-bond donors (Lipinski definition) is 0. The average Bonchev–Trinajstić information content (AvgIpc) is 2.04. The molecule has 0 aliphatic rings. The molecule has 1 aromatic heterocycles. The van der Waals surface area contributed by atoms with Crippen LogP contribution in [0.5, 0.6) is 5.75 Å². The maximum atomic E-state index is 12.9. The lowest BCUT2D eigenvalue weighted by Gasteiger charge is -2.05. The Morgan fingerprint density at radius 1 is 1.38 bits per heavy atom. The van der Waals surface area contributed by atoms with Gasteiger partial charge in [0.25, 0.3) is 6.43 Å². The van der Waals surface area contributed by atoms with E-state index >= 15 is 0 Å². The molecule has 0 aliphatic heterocycles. The summed E-state index contributed by atoms with van der Waals surface area (Å²) in [6, 6.07) is 0. The fraction of sp³-hybridized carbons (Fsp3) is 0.286. The predicted molar refractivity (Wildman–Crippen MR) is 35.7 cm³/mol. The Morgan fingerprint density at radius 3 is 2.46 bits per heavy atom. The van der Waals surface area contributed by atoms with Crippen LogP contribution in [0.25, 0.3) is 0 Å². The predicted octanol–water partition coefficient (Wildman–Crippen LogP) is 2.31. The molecule has 0 amide bonds. The molecule has 0 radical (unpaired) electrons. The van der Waals surface area contributed by atoms with E-state index in [9.17, 15) is 17.6 Å². The zero-order chi connectivity index (χ0) is 10.0. The van der Waals surface area contributed by atoms with Crippen LogP contribution in [-0.2, 0) is 0 Å². The van der Waals surface area contributed by atoms with Crippen molar-refractivity contribution >= 4 is 0 Å². The maximum absolute atomic E-state index is 12.9. The highest BCUT2D eigenvalue weighted by Gasteiger charge is 2.21. The van der Waals surface area contributed by atoms with E-state index in [2.05, 4.69) is 9.72 Å². The zero-order valence-electron chi connectivity index (χ0n) is 6.52. The van der Waals surface area contributed by atoms with Gasteiger partial charge in [-0.15, -0.1) is 0 Å². The summed E-state index contributed by atoms with van der Waals surface area (Å²) >= 11 is 0. The van der Waals surface area contributed by atoms with Crippen LogP contribution < -0.4 is 4.74 Å². The summed E-state index contributed by atoms with van der Waals surface area (Å²) in [7, 11) is 0.983. The molecule has 0 saturated heterocycles. The number of pyridine rings is 1. The van der Waals surface area contributed by atoms with Crippen LogP contribution in [0.15, 0.2) is 6.20 Å². The van der Waals surface area contributed by atoms with Crippen molar-refractivity contribution in [2.45, 2.75) is 6.43 Å². The highest BCUT2D eigenvalue weighted by Crippen LogP contribution is 2.27. The van der Waals surface area contributed by atoms with Gasteiger partial charge in [0.05, 0.1) is 13.3 Å². The molecule has 0 fully saturated rings. The Labute approximate surface area is 71.2 Å². The first-order chi connectivity index (χ1) is 6.07. The van der Waals surface area contributed by atoms with Gasteiger partial charge in [-0.3, -0.25) is 0 Å². The Morgan fingerprint density at radius 2 is 2.00 bits per heavy atom. The van der Waals surface area contributed by atoms with Crippen molar-refractivity contribution in [3.05, 3.63) is 23.5 Å². The maximum Gasteiger partial charge on any atom is 0.283 e. The van der Waals surface area contributed by atoms with Gasteiger partial charge in [0, 0.05) is 0 Å². The van der Waals surface area contributed by atoms with E-state index in [4.69, 9.17) is 0 Å². The summed E-state index contributed by atoms with van der Waals surface area (Å²) in [5.74, 6) is -3.41. The van der Waals surface area contributed by atoms with Crippen LogP contribution in [0.2, 0.25) is 0 Å². The van der Waals surface area contributed by atoms with Gasteiger partial charge in [-0.2, -0.15) is 0 Å². The third-order valence-corrected chi connectivity index (χ3v) is 1.37. The normalized spacial score (nSPS) is 10.6. The van der Waals surface area contributed by atoms with Gasteiger partial charge in [0.2, 0.25) is 0 Å². The molecule has 72 valence electrons. The molecule has 0 saturated carbocycles. The molecule has 1 rings (SSSR count). The van der Waals surface area contributed by atoms with E-state index in [1.165, 1.54) is 0 Å². The third-order valence-electron chi connectivity index (χ3n) is 1.37. The number of alkyl halides is 2. The molecular formula is C7H5F4NO. The molecule has 0 unspecified atom stereocenters. The molecule has 6 heteroatoms. The monoisotopic (exact) mass is 195 g/mol. The zero-order valence-corrected chi connectivity index (χ0v) is 6.52. The second-order valence-corrected chi connectivity index (χ2v) is 2.14. The van der Waals surface area contributed by atoms with Gasteiger partial charge < -0.3 is 4.74 Å². The number of ether oxygens (including phenoxy) is 1. The van der Waals surface area contributed by atoms with Gasteiger partial charge in [0.1, 0.15) is 5.69 Å². The van der Waals surface area contributed by atoms with Crippen molar-refractivity contribution in [1.82, 2.24) is 4.98 Å². The largest absolute Gasteiger partial charge is 0.491 e. The molecular weight excluding hydrogens is 190 g/mol. The second-order valence-electron chi connectivity index (χ2n) is 2.14. The SMILES string of the molecule is COc1c(F)cnc(C(F)F)c1F. The van der Waals surface area contributed by atoms with Crippen LogP contribution in [-0.4, -0.2) is 12.1 Å². The topological polar surface area (TPSA) is 22.1 Å². The highest BCUT2D eigenvalue weighted by atomic mass is 19.3. The van der Waals surface area contributed by atoms with Crippen molar-refractivity contribution in [1.29, 1.82) is 0 Å². The molecule has 0 bridgehead atoms. The first-order valence-electron chi connectivity index (χ1n) is 3.24. The number of halogens is 4. The van der Waals surface area contributed by atoms with Crippen LogP contribution in [0.1, 0.15) is 12.1 Å². The number of aromatic nitrogens is 1. The molecule has 0 aliphatic carbocycles. The second kappa shape index (κ2) is 3.59. The third kappa shape index (κ3) is 1.71. The van der Waals surface area contributed by atoms with E-state index in [0.717, 1.165) is 7.11 Å². The van der Waals surface area contributed by atoms with E-state index in [0.29, 0.717) is 6.20 Å². The fourth-order valence-electron chi connectivity index (χ4n) is 0.802. The Balaban J connectivity index is 3.27. The summed E-state index contributed by atoms with van der Waals surface area (Å²) in [4.78, 5) is 2.91. The fourth-order valence-corrected chi connectivity index (χ4v) is 0.802. The summed E-state index contributed by atoms with van der Waals surface area (Å²) < 4.78 is 53.7. The van der Waals surface area contributed by atoms with Gasteiger partial charge in [-0.25, -0.2) is 22.5 Å². The van der Waals surface area contributed by atoms with Gasteiger partial charge in [-0.1, -0.05) is 0 Å². The molecule has 0 N–H and O–H groups in total. The Bertz CT molecular complexity index is 316. The van der Waals surface area contributed by atoms with Crippen LogP contribution in [0.4, 0.5) is 17.6 Å². The number of methoxy groups -OCH3 is 1. The van der Waals surface area contributed by atoms with Crippen molar-refractivity contribution in [3.8, 4) is 5.75 Å². The van der Waals surface area contributed by atoms with Gasteiger partial charge in [-0.05, 0) is 0 Å². The number of hydrogen-bond acceptors (Lipinski definition) is 2. The molecule has 0 spiro atoms. The Kier molecular flexibility index (Phi) is 2.69. The van der Waals surface area contributed by atoms with Crippen molar-refractivity contribution in [3.63, 3.8) is 0 Å². The minimum Gasteiger partial charge on any atom is -0.491 e. The quantitative estimate of drug-likeness (QED) is 0.675. The molecule has 0 aromatic carbocycles. The van der Waals surface area contributed by atoms with E-state index in [1.54, 1.807) is 0 Å². The van der Waals surface area contributed by atoms with E-state index < -0.39 is 29.5 Å². The molecule has 2 nitrogen and oxygen atoms in total. The molecule has 13 heavy (non-hydrogen) atoms. The van der Waals surface area contributed by atoms with Crippen LogP contribution in [0, 0.1) is 11.6 Å². The summed E-state index contributed by atoms with van der Waals surface area (Å²) in [5.41, 5.74) is -1.11.